The standard InChI is InChI=1S/C4H12F3NSi2/c1-9-10(2,3)8-4(5,6)7/h8H,9H2,1-3H3. The number of hydrogen-bond acceptors (Lipinski definition) is 1. The van der Waals surface area contributed by atoms with Crippen molar-refractivity contribution in [2.45, 2.75) is 25.9 Å². The van der Waals surface area contributed by atoms with E-state index in [1.807, 2.05) is 6.55 Å². The molecule has 0 radical (unpaired) electrons. The minimum absolute atomic E-state index is 0.530. The molecule has 1 N–H and O–H groups in total. The molecule has 1 nitrogen and oxygen atoms in total. The molecule has 0 unspecified atom stereocenters. The van der Waals surface area contributed by atoms with Crippen LogP contribution < -0.4 is 4.98 Å². The van der Waals surface area contributed by atoms with Gasteiger partial charge in [0, 0.05) is 9.04 Å². The van der Waals surface area contributed by atoms with Crippen LogP contribution in [0.5, 0.6) is 0 Å². The van der Waals surface area contributed by atoms with E-state index >= 15 is 0 Å². The molecule has 0 amide bonds. The van der Waals surface area contributed by atoms with Gasteiger partial charge in [0.1, 0.15) is 7.75 Å². The molecule has 0 saturated carbocycles. The van der Waals surface area contributed by atoms with Crippen LogP contribution in [0.3, 0.4) is 0 Å². The van der Waals surface area contributed by atoms with Crippen molar-refractivity contribution in [2.75, 3.05) is 0 Å². The summed E-state index contributed by atoms with van der Waals surface area (Å²) in [6.45, 7) is 5.34. The minimum atomic E-state index is -4.17. The van der Waals surface area contributed by atoms with Crippen LogP contribution in [-0.2, 0) is 0 Å². The van der Waals surface area contributed by atoms with Gasteiger partial charge in [-0.3, -0.25) is 4.98 Å². The van der Waals surface area contributed by atoms with Crippen molar-refractivity contribution < 1.29 is 13.2 Å². The largest absolute Gasteiger partial charge is 0.450 e. The zero-order valence-electron chi connectivity index (χ0n) is 6.34. The minimum Gasteiger partial charge on any atom is -0.254 e. The van der Waals surface area contributed by atoms with E-state index in [0.717, 1.165) is 0 Å². The second-order valence-corrected chi connectivity index (χ2v) is 15.0. The second-order valence-electron chi connectivity index (χ2n) is 2.86. The summed E-state index contributed by atoms with van der Waals surface area (Å²) < 4.78 is 35.1. The van der Waals surface area contributed by atoms with Crippen LogP contribution in [0.2, 0.25) is 19.6 Å². The molecule has 0 heterocycles. The van der Waals surface area contributed by atoms with Crippen molar-refractivity contribution in [1.82, 2.24) is 4.98 Å². The molecular formula is C4H12F3NSi2. The molecule has 0 aromatic carbocycles. The predicted molar refractivity (Wildman–Crippen MR) is 41.1 cm³/mol. The molecule has 62 valence electrons. The summed E-state index contributed by atoms with van der Waals surface area (Å²) in [7, 11) is -2.58. The number of alkyl halides is 3. The van der Waals surface area contributed by atoms with E-state index in [1.165, 1.54) is 0 Å². The molecule has 10 heavy (non-hydrogen) atoms. The van der Waals surface area contributed by atoms with Gasteiger partial charge in [-0.05, 0) is 0 Å². The lowest BCUT2D eigenvalue weighted by Crippen LogP contribution is -2.56. The molecule has 0 spiro atoms. The fourth-order valence-corrected chi connectivity index (χ4v) is 2.55. The summed E-state index contributed by atoms with van der Waals surface area (Å²) in [6.07, 6.45) is -4.17. The van der Waals surface area contributed by atoms with Crippen LogP contribution in [0.15, 0.2) is 0 Å². The maximum atomic E-state index is 11.7. The van der Waals surface area contributed by atoms with Crippen molar-refractivity contribution >= 4 is 16.8 Å². The lowest BCUT2D eigenvalue weighted by atomic mass is 11.3. The maximum Gasteiger partial charge on any atom is 0.450 e. The van der Waals surface area contributed by atoms with Gasteiger partial charge in [0.2, 0.25) is 0 Å². The zero-order chi connectivity index (χ0) is 8.41. The number of halogens is 3. The van der Waals surface area contributed by atoms with E-state index in [9.17, 15) is 13.2 Å². The van der Waals surface area contributed by atoms with Gasteiger partial charge in [-0.15, -0.1) is 0 Å². The quantitative estimate of drug-likeness (QED) is 0.502. The van der Waals surface area contributed by atoms with E-state index in [2.05, 4.69) is 0 Å². The highest BCUT2D eigenvalue weighted by atomic mass is 29.2. The maximum absolute atomic E-state index is 11.7. The first-order valence-corrected chi connectivity index (χ1v) is 9.87. The zero-order valence-corrected chi connectivity index (χ0v) is 8.76. The van der Waals surface area contributed by atoms with Crippen LogP contribution in [0.25, 0.3) is 0 Å². The number of nitrogens with one attached hydrogen (secondary N) is 1. The molecule has 0 aromatic heterocycles. The van der Waals surface area contributed by atoms with E-state index in [0.29, 0.717) is 0 Å². The number of hydrogen-bond donors (Lipinski definition) is 1. The third-order valence-corrected chi connectivity index (χ3v) is 9.93. The summed E-state index contributed by atoms with van der Waals surface area (Å²) in [6, 6.07) is 0. The summed E-state index contributed by atoms with van der Waals surface area (Å²) in [5.74, 6) is 0. The molecule has 0 aliphatic heterocycles. The smallest absolute Gasteiger partial charge is 0.254 e. The summed E-state index contributed by atoms with van der Waals surface area (Å²) in [5.41, 5.74) is 0. The Labute approximate surface area is 61.7 Å². The van der Waals surface area contributed by atoms with Crippen molar-refractivity contribution in [1.29, 1.82) is 0 Å². The van der Waals surface area contributed by atoms with Crippen LogP contribution >= 0.6 is 0 Å². The molecule has 0 aromatic rings. The van der Waals surface area contributed by atoms with Gasteiger partial charge in [-0.25, -0.2) is 0 Å². The van der Waals surface area contributed by atoms with Gasteiger partial charge >= 0.3 is 6.30 Å². The van der Waals surface area contributed by atoms with Crippen LogP contribution in [0.4, 0.5) is 13.2 Å². The van der Waals surface area contributed by atoms with Gasteiger partial charge in [0.25, 0.3) is 0 Å². The van der Waals surface area contributed by atoms with Crippen LogP contribution in [-0.4, -0.2) is 23.1 Å². The highest BCUT2D eigenvalue weighted by Crippen LogP contribution is 2.13. The molecule has 0 saturated heterocycles. The number of rotatable bonds is 2. The van der Waals surface area contributed by atoms with Gasteiger partial charge in [0.05, 0.1) is 0 Å². The lowest BCUT2D eigenvalue weighted by Gasteiger charge is -2.23. The van der Waals surface area contributed by atoms with E-state index < -0.39 is 23.1 Å². The Bertz CT molecular complexity index is 112. The monoisotopic (exact) mass is 187 g/mol. The van der Waals surface area contributed by atoms with E-state index in [4.69, 9.17) is 0 Å². The third kappa shape index (κ3) is 5.01. The first kappa shape index (κ1) is 10.2. The SMILES string of the molecule is C[SiH2][Si](C)(C)NC(F)(F)F. The van der Waals surface area contributed by atoms with E-state index in [1.54, 1.807) is 18.1 Å². The Morgan fingerprint density at radius 1 is 1.30 bits per heavy atom. The predicted octanol–water partition coefficient (Wildman–Crippen LogP) is 1.01. The molecule has 0 bridgehead atoms. The van der Waals surface area contributed by atoms with Gasteiger partial charge in [-0.2, -0.15) is 13.2 Å². The van der Waals surface area contributed by atoms with Gasteiger partial charge in [0.15, 0.2) is 0 Å². The van der Waals surface area contributed by atoms with Crippen LogP contribution in [0.1, 0.15) is 0 Å². The molecule has 0 atom stereocenters. The van der Waals surface area contributed by atoms with Crippen molar-refractivity contribution in [3.63, 3.8) is 0 Å². The first-order chi connectivity index (χ1) is 4.27. The Morgan fingerprint density at radius 2 is 1.70 bits per heavy atom. The van der Waals surface area contributed by atoms with Crippen molar-refractivity contribution in [3.05, 3.63) is 0 Å². The highest BCUT2D eigenvalue weighted by Gasteiger charge is 2.35. The molecular weight excluding hydrogens is 175 g/mol. The second kappa shape index (κ2) is 3.06. The first-order valence-electron chi connectivity index (χ1n) is 3.13. The summed E-state index contributed by atoms with van der Waals surface area (Å²) in [4.78, 5) is 1.75. The fourth-order valence-electron chi connectivity index (χ4n) is 0.472. The molecule has 0 rings (SSSR count). The Kier molecular flexibility index (Phi) is 3.11. The summed E-state index contributed by atoms with van der Waals surface area (Å²) in [5, 5.41) is 0. The van der Waals surface area contributed by atoms with Crippen molar-refractivity contribution in [2.24, 2.45) is 0 Å². The third-order valence-electron chi connectivity index (χ3n) is 1.36. The summed E-state index contributed by atoms with van der Waals surface area (Å²) >= 11 is 0. The Morgan fingerprint density at radius 3 is 1.80 bits per heavy atom. The normalized spacial score (nSPS) is 15.0. The molecule has 0 aliphatic carbocycles. The molecule has 6 heteroatoms. The van der Waals surface area contributed by atoms with Gasteiger partial charge in [-0.1, -0.05) is 19.6 Å². The van der Waals surface area contributed by atoms with E-state index in [-0.39, 0.29) is 0 Å². The average molecular weight is 187 g/mol. The molecule has 0 aliphatic rings. The van der Waals surface area contributed by atoms with Gasteiger partial charge < -0.3 is 0 Å². The highest BCUT2D eigenvalue weighted by molar-refractivity contribution is 7.21. The molecule has 0 fully saturated rings. The Hall–Kier alpha value is 0.184. The van der Waals surface area contributed by atoms with Crippen LogP contribution in [0, 0.1) is 0 Å². The average Bonchev–Trinajstić information content (AvgIpc) is 1.60. The van der Waals surface area contributed by atoms with Crippen molar-refractivity contribution in [3.8, 4) is 0 Å². The fraction of sp³-hybridized carbons (Fsp3) is 1.00. The topological polar surface area (TPSA) is 12.0 Å². The Balaban J connectivity index is 3.89. The lowest BCUT2D eigenvalue weighted by molar-refractivity contribution is -0.140.